The lowest BCUT2D eigenvalue weighted by Gasteiger charge is -2.33. The summed E-state index contributed by atoms with van der Waals surface area (Å²) in [7, 11) is 1.81. The molecule has 154 valence electrons. The Morgan fingerprint density at radius 2 is 2.11 bits per heavy atom. The van der Waals surface area contributed by atoms with Gasteiger partial charge < -0.3 is 15.2 Å². The molecule has 7 heteroatoms. The Kier molecular flexibility index (Phi) is 9.24. The highest BCUT2D eigenvalue weighted by Crippen LogP contribution is 2.15. The largest absolute Gasteiger partial charge is 0.359 e. The van der Waals surface area contributed by atoms with Crippen molar-refractivity contribution in [2.45, 2.75) is 51.7 Å². The van der Waals surface area contributed by atoms with Gasteiger partial charge in [0.2, 0.25) is 0 Å². The number of hydrogen-bond acceptors (Lipinski definition) is 4. The van der Waals surface area contributed by atoms with Crippen molar-refractivity contribution >= 4 is 29.9 Å². The zero-order valence-corrected chi connectivity index (χ0v) is 19.3. The van der Waals surface area contributed by atoms with Gasteiger partial charge in [-0.15, -0.1) is 24.0 Å². The second kappa shape index (κ2) is 11.4. The maximum Gasteiger partial charge on any atom is 0.191 e. The van der Waals surface area contributed by atoms with E-state index >= 15 is 0 Å². The molecule has 1 atom stereocenters. The van der Waals surface area contributed by atoms with Crippen LogP contribution in [0.1, 0.15) is 49.6 Å². The van der Waals surface area contributed by atoms with Crippen molar-refractivity contribution in [3.63, 3.8) is 0 Å². The van der Waals surface area contributed by atoms with Crippen LogP contribution < -0.4 is 10.6 Å². The average molecular weight is 497 g/mol. The molecular formula is C21H32IN5O. The van der Waals surface area contributed by atoms with E-state index in [1.54, 1.807) is 7.05 Å². The van der Waals surface area contributed by atoms with Crippen molar-refractivity contribution in [1.29, 1.82) is 0 Å². The topological polar surface area (TPSA) is 65.7 Å². The van der Waals surface area contributed by atoms with Gasteiger partial charge in [-0.25, -0.2) is 0 Å². The van der Waals surface area contributed by atoms with E-state index in [4.69, 9.17) is 4.52 Å². The molecule has 28 heavy (non-hydrogen) atoms. The molecule has 1 aromatic carbocycles. The molecule has 1 aromatic heterocycles. The summed E-state index contributed by atoms with van der Waals surface area (Å²) in [5.41, 5.74) is 2.35. The number of aromatic nitrogens is 1. The highest BCUT2D eigenvalue weighted by Gasteiger charge is 2.21. The number of aliphatic imine (C=N–C) groups is 1. The molecular weight excluding hydrogens is 465 g/mol. The number of nitrogens with one attached hydrogen (secondary N) is 2. The molecule has 0 amide bonds. The maximum absolute atomic E-state index is 5.39. The number of halogens is 1. The van der Waals surface area contributed by atoms with Gasteiger partial charge in [0.1, 0.15) is 0 Å². The van der Waals surface area contributed by atoms with Crippen molar-refractivity contribution in [2.24, 2.45) is 4.99 Å². The molecule has 0 aliphatic carbocycles. The van der Waals surface area contributed by atoms with Gasteiger partial charge in [0.25, 0.3) is 0 Å². The lowest BCUT2D eigenvalue weighted by atomic mass is 10.0. The van der Waals surface area contributed by atoms with E-state index < -0.39 is 0 Å². The van der Waals surface area contributed by atoms with Crippen molar-refractivity contribution in [3.8, 4) is 0 Å². The molecule has 0 saturated carbocycles. The molecule has 1 aliphatic rings. The van der Waals surface area contributed by atoms with Crippen LogP contribution in [0.15, 0.2) is 45.9 Å². The van der Waals surface area contributed by atoms with Crippen LogP contribution in [0, 0.1) is 0 Å². The minimum Gasteiger partial charge on any atom is -0.359 e. The fourth-order valence-corrected chi connectivity index (χ4v) is 3.40. The zero-order valence-electron chi connectivity index (χ0n) is 17.0. The molecule has 1 unspecified atom stereocenters. The Hall–Kier alpha value is -1.61. The van der Waals surface area contributed by atoms with Gasteiger partial charge in [0, 0.05) is 32.2 Å². The van der Waals surface area contributed by atoms with Gasteiger partial charge in [-0.1, -0.05) is 49.3 Å². The molecule has 3 rings (SSSR count). The second-order valence-electron chi connectivity index (χ2n) is 7.50. The third-order valence-corrected chi connectivity index (χ3v) is 4.92. The minimum atomic E-state index is 0. The smallest absolute Gasteiger partial charge is 0.191 e. The van der Waals surface area contributed by atoms with E-state index in [0.717, 1.165) is 43.5 Å². The molecule has 0 spiro atoms. The Morgan fingerprint density at radius 1 is 1.32 bits per heavy atom. The first-order valence-corrected chi connectivity index (χ1v) is 9.83. The van der Waals surface area contributed by atoms with Gasteiger partial charge in [0.05, 0.1) is 12.2 Å². The standard InChI is InChI=1S/C21H31N5O.HI/c1-16(2)20-12-19(27-25-20)13-23-21(22-3)24-18-10-7-11-26(15-18)14-17-8-5-4-6-9-17;/h4-6,8-9,12,16,18H,7,10-11,13-15H2,1-3H3,(H2,22,23,24);1H. The summed E-state index contributed by atoms with van der Waals surface area (Å²) >= 11 is 0. The average Bonchev–Trinajstić information content (AvgIpc) is 3.16. The number of benzene rings is 1. The molecule has 1 fully saturated rings. The Morgan fingerprint density at radius 3 is 2.79 bits per heavy atom. The summed E-state index contributed by atoms with van der Waals surface area (Å²) in [5, 5.41) is 11.0. The van der Waals surface area contributed by atoms with Crippen LogP contribution in [0.5, 0.6) is 0 Å². The summed E-state index contributed by atoms with van der Waals surface area (Å²) in [6.45, 7) is 7.98. The summed E-state index contributed by atoms with van der Waals surface area (Å²) < 4.78 is 5.39. The molecule has 2 aromatic rings. The summed E-state index contributed by atoms with van der Waals surface area (Å²) in [6, 6.07) is 13.1. The SMILES string of the molecule is CN=C(NCc1cc(C(C)C)no1)NC1CCCN(Cc2ccccc2)C1.I. The predicted molar refractivity (Wildman–Crippen MR) is 124 cm³/mol. The van der Waals surface area contributed by atoms with Gasteiger partial charge >= 0.3 is 0 Å². The van der Waals surface area contributed by atoms with E-state index in [9.17, 15) is 0 Å². The van der Waals surface area contributed by atoms with E-state index in [2.05, 4.69) is 69.9 Å². The van der Waals surface area contributed by atoms with Crippen molar-refractivity contribution in [1.82, 2.24) is 20.7 Å². The molecule has 1 saturated heterocycles. The predicted octanol–water partition coefficient (Wildman–Crippen LogP) is 3.75. The Balaban J connectivity index is 0.00000280. The first-order chi connectivity index (χ1) is 13.1. The quantitative estimate of drug-likeness (QED) is 0.362. The van der Waals surface area contributed by atoms with Crippen LogP contribution in [-0.4, -0.2) is 42.2 Å². The van der Waals surface area contributed by atoms with Crippen LogP contribution in [0.4, 0.5) is 0 Å². The van der Waals surface area contributed by atoms with Crippen LogP contribution in [-0.2, 0) is 13.1 Å². The van der Waals surface area contributed by atoms with E-state index in [0.29, 0.717) is 18.5 Å². The number of hydrogen-bond donors (Lipinski definition) is 2. The van der Waals surface area contributed by atoms with Gasteiger partial charge in [0.15, 0.2) is 11.7 Å². The van der Waals surface area contributed by atoms with E-state index in [-0.39, 0.29) is 24.0 Å². The van der Waals surface area contributed by atoms with Gasteiger partial charge in [-0.3, -0.25) is 9.89 Å². The summed E-state index contributed by atoms with van der Waals surface area (Å²) in [4.78, 5) is 6.87. The highest BCUT2D eigenvalue weighted by atomic mass is 127. The normalized spacial score (nSPS) is 18.0. The van der Waals surface area contributed by atoms with Gasteiger partial charge in [-0.2, -0.15) is 0 Å². The monoisotopic (exact) mass is 497 g/mol. The number of likely N-dealkylation sites (tertiary alicyclic amines) is 1. The number of piperidine rings is 1. The summed E-state index contributed by atoms with van der Waals surface area (Å²) in [6.07, 6.45) is 2.35. The molecule has 0 bridgehead atoms. The Bertz CT molecular complexity index is 731. The minimum absolute atomic E-state index is 0. The number of nitrogens with zero attached hydrogens (tertiary/aromatic N) is 3. The lowest BCUT2D eigenvalue weighted by molar-refractivity contribution is 0.192. The van der Waals surface area contributed by atoms with E-state index in [1.165, 1.54) is 12.0 Å². The van der Waals surface area contributed by atoms with Crippen LogP contribution in [0.3, 0.4) is 0 Å². The highest BCUT2D eigenvalue weighted by molar-refractivity contribution is 14.0. The summed E-state index contributed by atoms with van der Waals surface area (Å²) in [5.74, 6) is 2.01. The maximum atomic E-state index is 5.39. The first kappa shape index (κ1) is 22.7. The number of guanidine groups is 1. The Labute approximate surface area is 185 Å². The third-order valence-electron chi connectivity index (χ3n) is 4.92. The first-order valence-electron chi connectivity index (χ1n) is 9.83. The second-order valence-corrected chi connectivity index (χ2v) is 7.50. The van der Waals surface area contributed by atoms with Crippen molar-refractivity contribution in [3.05, 3.63) is 53.4 Å². The molecule has 1 aliphatic heterocycles. The molecule has 2 N–H and O–H groups in total. The van der Waals surface area contributed by atoms with Crippen LogP contribution in [0.2, 0.25) is 0 Å². The third kappa shape index (κ3) is 6.77. The van der Waals surface area contributed by atoms with E-state index in [1.807, 2.05) is 6.07 Å². The van der Waals surface area contributed by atoms with Gasteiger partial charge in [-0.05, 0) is 30.9 Å². The van der Waals surface area contributed by atoms with Crippen molar-refractivity contribution < 1.29 is 4.52 Å². The van der Waals surface area contributed by atoms with Crippen LogP contribution >= 0.6 is 24.0 Å². The lowest BCUT2D eigenvalue weighted by Crippen LogP contribution is -2.50. The fourth-order valence-electron chi connectivity index (χ4n) is 3.40. The van der Waals surface area contributed by atoms with Crippen molar-refractivity contribution in [2.75, 3.05) is 20.1 Å². The molecule has 6 nitrogen and oxygen atoms in total. The fraction of sp³-hybridized carbons (Fsp3) is 0.524. The zero-order chi connectivity index (χ0) is 19.1. The molecule has 2 heterocycles. The molecule has 0 radical (unpaired) electrons. The van der Waals surface area contributed by atoms with Crippen LogP contribution in [0.25, 0.3) is 0 Å². The number of rotatable bonds is 6.